The van der Waals surface area contributed by atoms with E-state index in [4.69, 9.17) is 0 Å². The van der Waals surface area contributed by atoms with Crippen molar-refractivity contribution < 1.29 is 0 Å². The molecule has 0 saturated heterocycles. The standard InChI is InChI=1S/C7H11NS2/c1-5(2)7-8-6(3-9)4-10-7/h4-5,9H,3H2,1-2H3. The number of thiol groups is 1. The van der Waals surface area contributed by atoms with Crippen LogP contribution in [0.1, 0.15) is 30.5 Å². The summed E-state index contributed by atoms with van der Waals surface area (Å²) in [5.41, 5.74) is 1.09. The van der Waals surface area contributed by atoms with Gasteiger partial charge in [-0.15, -0.1) is 11.3 Å². The minimum atomic E-state index is 0.554. The fraction of sp³-hybridized carbons (Fsp3) is 0.571. The highest BCUT2D eigenvalue weighted by Gasteiger charge is 2.03. The molecule has 0 atom stereocenters. The molecule has 0 fully saturated rings. The van der Waals surface area contributed by atoms with E-state index in [1.807, 2.05) is 0 Å². The van der Waals surface area contributed by atoms with Gasteiger partial charge in [-0.05, 0) is 0 Å². The van der Waals surface area contributed by atoms with E-state index in [-0.39, 0.29) is 0 Å². The second-order valence-corrected chi connectivity index (χ2v) is 3.70. The second-order valence-electron chi connectivity index (χ2n) is 2.49. The lowest BCUT2D eigenvalue weighted by Crippen LogP contribution is -1.85. The third-order valence-corrected chi connectivity index (χ3v) is 2.74. The van der Waals surface area contributed by atoms with Crippen molar-refractivity contribution in [2.24, 2.45) is 0 Å². The fourth-order valence-electron chi connectivity index (χ4n) is 0.660. The molecule has 1 nitrogen and oxygen atoms in total. The Morgan fingerprint density at radius 3 is 2.70 bits per heavy atom. The predicted molar refractivity (Wildman–Crippen MR) is 48.9 cm³/mol. The van der Waals surface area contributed by atoms with Crippen molar-refractivity contribution in [1.82, 2.24) is 4.98 Å². The van der Waals surface area contributed by atoms with Crippen molar-refractivity contribution in [2.45, 2.75) is 25.5 Å². The third-order valence-electron chi connectivity index (χ3n) is 1.23. The topological polar surface area (TPSA) is 12.9 Å². The normalized spacial score (nSPS) is 10.8. The second kappa shape index (κ2) is 3.39. The Hall–Kier alpha value is -0.0200. The zero-order valence-corrected chi connectivity index (χ0v) is 7.88. The van der Waals surface area contributed by atoms with Crippen LogP contribution in [0.25, 0.3) is 0 Å². The first-order valence-corrected chi connectivity index (χ1v) is 4.80. The van der Waals surface area contributed by atoms with E-state index < -0.39 is 0 Å². The first-order valence-electron chi connectivity index (χ1n) is 3.29. The Bertz CT molecular complexity index is 205. The SMILES string of the molecule is CC(C)c1nc(CS)cs1. The maximum atomic E-state index is 4.37. The van der Waals surface area contributed by atoms with Crippen molar-refractivity contribution in [3.8, 4) is 0 Å². The summed E-state index contributed by atoms with van der Waals surface area (Å²) >= 11 is 5.86. The van der Waals surface area contributed by atoms with Gasteiger partial charge in [-0.2, -0.15) is 12.6 Å². The molecule has 56 valence electrons. The summed E-state index contributed by atoms with van der Waals surface area (Å²) in [7, 11) is 0. The highest BCUT2D eigenvalue weighted by molar-refractivity contribution is 7.79. The van der Waals surface area contributed by atoms with Crippen LogP contribution in [0.3, 0.4) is 0 Å². The molecule has 0 N–H and O–H groups in total. The molecule has 0 saturated carbocycles. The Morgan fingerprint density at radius 2 is 2.40 bits per heavy atom. The number of thiazole rings is 1. The minimum Gasteiger partial charge on any atom is -0.245 e. The molecule has 0 radical (unpaired) electrons. The number of rotatable bonds is 2. The van der Waals surface area contributed by atoms with Crippen molar-refractivity contribution in [1.29, 1.82) is 0 Å². The number of aromatic nitrogens is 1. The summed E-state index contributed by atoms with van der Waals surface area (Å²) in [6, 6.07) is 0. The quantitative estimate of drug-likeness (QED) is 0.678. The average molecular weight is 173 g/mol. The van der Waals surface area contributed by atoms with Crippen LogP contribution in [0.2, 0.25) is 0 Å². The molecule has 1 rings (SSSR count). The lowest BCUT2D eigenvalue weighted by atomic mass is 10.2. The largest absolute Gasteiger partial charge is 0.245 e. The number of nitrogens with zero attached hydrogens (tertiary/aromatic N) is 1. The van der Waals surface area contributed by atoms with Crippen molar-refractivity contribution in [2.75, 3.05) is 0 Å². The maximum Gasteiger partial charge on any atom is 0.0954 e. The van der Waals surface area contributed by atoms with Gasteiger partial charge in [0, 0.05) is 17.1 Å². The first-order chi connectivity index (χ1) is 4.74. The van der Waals surface area contributed by atoms with Crippen LogP contribution in [-0.4, -0.2) is 4.98 Å². The van der Waals surface area contributed by atoms with Crippen LogP contribution in [0.5, 0.6) is 0 Å². The summed E-state index contributed by atoms with van der Waals surface area (Å²) in [6.45, 7) is 4.31. The zero-order chi connectivity index (χ0) is 7.56. The molecule has 1 aromatic rings. The van der Waals surface area contributed by atoms with Gasteiger partial charge in [0.1, 0.15) is 0 Å². The van der Waals surface area contributed by atoms with E-state index >= 15 is 0 Å². The molecule has 0 unspecified atom stereocenters. The fourth-order valence-corrected chi connectivity index (χ4v) is 1.78. The lowest BCUT2D eigenvalue weighted by molar-refractivity contribution is 0.846. The highest BCUT2D eigenvalue weighted by Crippen LogP contribution is 2.19. The Kier molecular flexibility index (Phi) is 2.74. The number of hydrogen-bond donors (Lipinski definition) is 1. The van der Waals surface area contributed by atoms with Crippen LogP contribution in [0.4, 0.5) is 0 Å². The predicted octanol–water partition coefficient (Wildman–Crippen LogP) is 2.70. The summed E-state index contributed by atoms with van der Waals surface area (Å²) in [4.78, 5) is 4.37. The number of hydrogen-bond acceptors (Lipinski definition) is 3. The Labute approximate surface area is 70.9 Å². The van der Waals surface area contributed by atoms with E-state index in [1.165, 1.54) is 5.01 Å². The van der Waals surface area contributed by atoms with Gasteiger partial charge in [-0.25, -0.2) is 4.98 Å². The molecular weight excluding hydrogens is 162 g/mol. The van der Waals surface area contributed by atoms with Gasteiger partial charge >= 0.3 is 0 Å². The molecular formula is C7H11NS2. The molecule has 0 aliphatic heterocycles. The molecule has 0 aromatic carbocycles. The van der Waals surface area contributed by atoms with Gasteiger partial charge in [-0.3, -0.25) is 0 Å². The van der Waals surface area contributed by atoms with Crippen LogP contribution < -0.4 is 0 Å². The Morgan fingerprint density at radius 1 is 1.70 bits per heavy atom. The van der Waals surface area contributed by atoms with E-state index in [9.17, 15) is 0 Å². The molecule has 0 aliphatic carbocycles. The first kappa shape index (κ1) is 8.08. The average Bonchev–Trinajstić information content (AvgIpc) is 2.34. The van der Waals surface area contributed by atoms with Crippen LogP contribution in [0, 0.1) is 0 Å². The summed E-state index contributed by atoms with van der Waals surface area (Å²) < 4.78 is 0. The molecule has 3 heteroatoms. The minimum absolute atomic E-state index is 0.554. The molecule has 0 amide bonds. The van der Waals surface area contributed by atoms with Gasteiger partial charge in [0.2, 0.25) is 0 Å². The summed E-state index contributed by atoms with van der Waals surface area (Å²) in [5.74, 6) is 1.31. The van der Waals surface area contributed by atoms with E-state index in [0.29, 0.717) is 5.92 Å². The molecule has 1 aromatic heterocycles. The molecule has 0 bridgehead atoms. The van der Waals surface area contributed by atoms with Gasteiger partial charge < -0.3 is 0 Å². The van der Waals surface area contributed by atoms with Crippen molar-refractivity contribution in [3.05, 3.63) is 16.1 Å². The third kappa shape index (κ3) is 1.73. The van der Waals surface area contributed by atoms with E-state index in [1.54, 1.807) is 11.3 Å². The van der Waals surface area contributed by atoms with E-state index in [0.717, 1.165) is 11.4 Å². The molecule has 0 aliphatic rings. The van der Waals surface area contributed by atoms with Crippen LogP contribution >= 0.6 is 24.0 Å². The summed E-state index contributed by atoms with van der Waals surface area (Å²) in [6.07, 6.45) is 0. The van der Waals surface area contributed by atoms with Gasteiger partial charge in [0.25, 0.3) is 0 Å². The maximum absolute atomic E-state index is 4.37. The van der Waals surface area contributed by atoms with E-state index in [2.05, 4.69) is 36.8 Å². The molecule has 10 heavy (non-hydrogen) atoms. The molecule has 0 spiro atoms. The Balaban J connectivity index is 2.78. The van der Waals surface area contributed by atoms with Gasteiger partial charge in [0.15, 0.2) is 0 Å². The lowest BCUT2D eigenvalue weighted by Gasteiger charge is -1.95. The summed E-state index contributed by atoms with van der Waals surface area (Å²) in [5, 5.41) is 3.28. The van der Waals surface area contributed by atoms with Crippen molar-refractivity contribution in [3.63, 3.8) is 0 Å². The molecule has 1 heterocycles. The monoisotopic (exact) mass is 173 g/mol. The van der Waals surface area contributed by atoms with Gasteiger partial charge in [0.05, 0.1) is 10.7 Å². The van der Waals surface area contributed by atoms with Crippen molar-refractivity contribution >= 4 is 24.0 Å². The highest BCUT2D eigenvalue weighted by atomic mass is 32.1. The zero-order valence-electron chi connectivity index (χ0n) is 6.16. The van der Waals surface area contributed by atoms with Crippen LogP contribution in [0.15, 0.2) is 5.38 Å². The van der Waals surface area contributed by atoms with Crippen LogP contribution in [-0.2, 0) is 5.75 Å². The smallest absolute Gasteiger partial charge is 0.0954 e. The van der Waals surface area contributed by atoms with Gasteiger partial charge in [-0.1, -0.05) is 13.8 Å².